The summed E-state index contributed by atoms with van der Waals surface area (Å²) in [7, 11) is 1.72. The van der Waals surface area contributed by atoms with Crippen LogP contribution in [0.5, 0.6) is 0 Å². The number of rotatable bonds is 5. The van der Waals surface area contributed by atoms with Crippen molar-refractivity contribution in [3.05, 3.63) is 30.3 Å². The Morgan fingerprint density at radius 2 is 2.22 bits per heavy atom. The van der Waals surface area contributed by atoms with E-state index in [0.29, 0.717) is 0 Å². The minimum atomic E-state index is 0.0892. The molecule has 1 amide bonds. The lowest BCUT2D eigenvalue weighted by Gasteiger charge is -2.22. The molecule has 0 aromatic heterocycles. The van der Waals surface area contributed by atoms with E-state index >= 15 is 0 Å². The van der Waals surface area contributed by atoms with Gasteiger partial charge in [0.15, 0.2) is 0 Å². The summed E-state index contributed by atoms with van der Waals surface area (Å²) in [5, 5.41) is 2.76. The SMILES string of the molecule is CNC(=O)C1CCCN1CCSc1ccccc1. The molecule has 18 heavy (non-hydrogen) atoms. The smallest absolute Gasteiger partial charge is 0.237 e. The molecular weight excluding hydrogens is 244 g/mol. The molecule has 0 saturated carbocycles. The Bertz CT molecular complexity index is 383. The highest BCUT2D eigenvalue weighted by Gasteiger charge is 2.29. The van der Waals surface area contributed by atoms with Crippen LogP contribution in [0, 0.1) is 0 Å². The second kappa shape index (κ2) is 6.81. The van der Waals surface area contributed by atoms with Crippen molar-refractivity contribution in [3.63, 3.8) is 0 Å². The number of likely N-dealkylation sites (N-methyl/N-ethyl adjacent to an activating group) is 1. The molecule has 1 saturated heterocycles. The van der Waals surface area contributed by atoms with Crippen molar-refractivity contribution >= 4 is 17.7 Å². The Morgan fingerprint density at radius 1 is 1.44 bits per heavy atom. The van der Waals surface area contributed by atoms with Gasteiger partial charge in [-0.3, -0.25) is 9.69 Å². The number of hydrogen-bond donors (Lipinski definition) is 1. The summed E-state index contributed by atoms with van der Waals surface area (Å²) >= 11 is 1.86. The Kier molecular flexibility index (Phi) is 5.08. The molecule has 1 heterocycles. The number of carbonyl (C=O) groups is 1. The van der Waals surface area contributed by atoms with Gasteiger partial charge in [-0.15, -0.1) is 11.8 Å². The van der Waals surface area contributed by atoms with Crippen LogP contribution < -0.4 is 5.32 Å². The van der Waals surface area contributed by atoms with Crippen molar-refractivity contribution in [2.75, 3.05) is 25.9 Å². The van der Waals surface area contributed by atoms with Crippen molar-refractivity contribution in [2.45, 2.75) is 23.8 Å². The van der Waals surface area contributed by atoms with E-state index in [1.807, 2.05) is 17.8 Å². The third-order valence-electron chi connectivity index (χ3n) is 3.30. The predicted octanol–water partition coefficient (Wildman–Crippen LogP) is 1.99. The van der Waals surface area contributed by atoms with Crippen molar-refractivity contribution in [1.29, 1.82) is 0 Å². The van der Waals surface area contributed by atoms with E-state index in [0.717, 1.165) is 31.7 Å². The second-order valence-corrected chi connectivity index (χ2v) is 5.64. The fraction of sp³-hybridized carbons (Fsp3) is 0.500. The molecule has 4 heteroatoms. The fourth-order valence-electron chi connectivity index (χ4n) is 2.35. The molecule has 3 nitrogen and oxygen atoms in total. The van der Waals surface area contributed by atoms with Crippen LogP contribution in [-0.2, 0) is 4.79 Å². The van der Waals surface area contributed by atoms with Gasteiger partial charge < -0.3 is 5.32 Å². The van der Waals surface area contributed by atoms with Crippen molar-refractivity contribution in [1.82, 2.24) is 10.2 Å². The molecule has 1 N–H and O–H groups in total. The van der Waals surface area contributed by atoms with Gasteiger partial charge in [-0.25, -0.2) is 0 Å². The zero-order valence-electron chi connectivity index (χ0n) is 10.8. The lowest BCUT2D eigenvalue weighted by Crippen LogP contribution is -2.42. The van der Waals surface area contributed by atoms with Gasteiger partial charge in [-0.1, -0.05) is 18.2 Å². The molecule has 0 radical (unpaired) electrons. The van der Waals surface area contributed by atoms with Gasteiger partial charge in [-0.2, -0.15) is 0 Å². The summed E-state index contributed by atoms with van der Waals surface area (Å²) in [6.45, 7) is 2.03. The van der Waals surface area contributed by atoms with Crippen LogP contribution in [-0.4, -0.2) is 42.7 Å². The molecule has 1 unspecified atom stereocenters. The Morgan fingerprint density at radius 3 is 2.94 bits per heavy atom. The van der Waals surface area contributed by atoms with E-state index in [1.54, 1.807) is 7.05 Å². The Labute approximate surface area is 113 Å². The standard InChI is InChI=1S/C14H20N2OS/c1-15-14(17)13-8-5-9-16(13)10-11-18-12-6-3-2-4-7-12/h2-4,6-7,13H,5,8-11H2,1H3,(H,15,17). The van der Waals surface area contributed by atoms with Crippen LogP contribution in [0.25, 0.3) is 0 Å². The highest BCUT2D eigenvalue weighted by atomic mass is 32.2. The van der Waals surface area contributed by atoms with Gasteiger partial charge in [0.25, 0.3) is 0 Å². The molecule has 1 atom stereocenters. The third-order valence-corrected chi connectivity index (χ3v) is 4.30. The average Bonchev–Trinajstić information content (AvgIpc) is 2.87. The summed E-state index contributed by atoms with van der Waals surface area (Å²) in [6.07, 6.45) is 2.13. The third kappa shape index (κ3) is 3.50. The molecule has 1 aromatic rings. The zero-order chi connectivity index (χ0) is 12.8. The maximum Gasteiger partial charge on any atom is 0.237 e. The minimum absolute atomic E-state index is 0.0892. The Hall–Kier alpha value is -1.00. The highest BCUT2D eigenvalue weighted by Crippen LogP contribution is 2.21. The van der Waals surface area contributed by atoms with Crippen LogP contribution in [0.3, 0.4) is 0 Å². The maximum atomic E-state index is 11.7. The van der Waals surface area contributed by atoms with Gasteiger partial charge in [0.2, 0.25) is 5.91 Å². The van der Waals surface area contributed by atoms with Crippen LogP contribution >= 0.6 is 11.8 Å². The van der Waals surface area contributed by atoms with Crippen molar-refractivity contribution in [3.8, 4) is 0 Å². The van der Waals surface area contributed by atoms with Crippen molar-refractivity contribution < 1.29 is 4.79 Å². The van der Waals surface area contributed by atoms with E-state index in [4.69, 9.17) is 0 Å². The average molecular weight is 264 g/mol. The first kappa shape index (κ1) is 13.4. The molecule has 1 fully saturated rings. The topological polar surface area (TPSA) is 32.3 Å². The molecule has 0 aliphatic carbocycles. The molecule has 1 aliphatic heterocycles. The van der Waals surface area contributed by atoms with Gasteiger partial charge >= 0.3 is 0 Å². The number of amides is 1. The van der Waals surface area contributed by atoms with Gasteiger partial charge in [0.05, 0.1) is 6.04 Å². The number of thioether (sulfide) groups is 1. The van der Waals surface area contributed by atoms with E-state index in [-0.39, 0.29) is 11.9 Å². The summed E-state index contributed by atoms with van der Waals surface area (Å²) in [4.78, 5) is 15.3. The minimum Gasteiger partial charge on any atom is -0.358 e. The first-order valence-electron chi connectivity index (χ1n) is 6.45. The van der Waals surface area contributed by atoms with Crippen LogP contribution in [0.15, 0.2) is 35.2 Å². The van der Waals surface area contributed by atoms with E-state index in [9.17, 15) is 4.79 Å². The summed E-state index contributed by atoms with van der Waals surface area (Å²) in [5.41, 5.74) is 0. The molecule has 0 bridgehead atoms. The molecule has 0 spiro atoms. The van der Waals surface area contributed by atoms with Crippen LogP contribution in [0.2, 0.25) is 0 Å². The molecule has 1 aliphatic rings. The number of likely N-dealkylation sites (tertiary alicyclic amines) is 1. The number of nitrogens with one attached hydrogen (secondary N) is 1. The largest absolute Gasteiger partial charge is 0.358 e. The zero-order valence-corrected chi connectivity index (χ0v) is 11.6. The normalized spacial score (nSPS) is 19.9. The van der Waals surface area contributed by atoms with Gasteiger partial charge in [0.1, 0.15) is 0 Å². The van der Waals surface area contributed by atoms with E-state index in [2.05, 4.69) is 34.5 Å². The Balaban J connectivity index is 1.78. The lowest BCUT2D eigenvalue weighted by atomic mass is 10.2. The second-order valence-electron chi connectivity index (χ2n) is 4.47. The van der Waals surface area contributed by atoms with Crippen LogP contribution in [0.4, 0.5) is 0 Å². The lowest BCUT2D eigenvalue weighted by molar-refractivity contribution is -0.124. The van der Waals surface area contributed by atoms with Gasteiger partial charge in [0, 0.05) is 24.2 Å². The summed E-state index contributed by atoms with van der Waals surface area (Å²) in [6, 6.07) is 10.5. The van der Waals surface area contributed by atoms with Crippen molar-refractivity contribution in [2.24, 2.45) is 0 Å². The highest BCUT2D eigenvalue weighted by molar-refractivity contribution is 7.99. The number of nitrogens with zero attached hydrogens (tertiary/aromatic N) is 1. The van der Waals surface area contributed by atoms with E-state index in [1.165, 1.54) is 4.90 Å². The predicted molar refractivity (Wildman–Crippen MR) is 75.8 cm³/mol. The molecule has 1 aromatic carbocycles. The number of carbonyl (C=O) groups excluding carboxylic acids is 1. The maximum absolute atomic E-state index is 11.7. The number of benzene rings is 1. The first-order valence-corrected chi connectivity index (χ1v) is 7.43. The van der Waals surface area contributed by atoms with Crippen LogP contribution in [0.1, 0.15) is 12.8 Å². The molecular formula is C14H20N2OS. The first-order chi connectivity index (χ1) is 8.81. The quantitative estimate of drug-likeness (QED) is 0.826. The summed E-state index contributed by atoms with van der Waals surface area (Å²) in [5.74, 6) is 1.20. The number of hydrogen-bond acceptors (Lipinski definition) is 3. The van der Waals surface area contributed by atoms with E-state index < -0.39 is 0 Å². The fourth-order valence-corrected chi connectivity index (χ4v) is 3.27. The molecule has 98 valence electrons. The monoisotopic (exact) mass is 264 g/mol. The molecule has 2 rings (SSSR count). The van der Waals surface area contributed by atoms with Gasteiger partial charge in [-0.05, 0) is 31.5 Å². The summed E-state index contributed by atoms with van der Waals surface area (Å²) < 4.78 is 0.